The highest BCUT2D eigenvalue weighted by atomic mass is 35.5. The summed E-state index contributed by atoms with van der Waals surface area (Å²) < 4.78 is 27.8. The summed E-state index contributed by atoms with van der Waals surface area (Å²) in [5.41, 5.74) is 5.00. The van der Waals surface area contributed by atoms with Gasteiger partial charge in [0.25, 0.3) is 0 Å². The number of rotatable bonds is 6. The number of halogens is 3. The maximum Gasteiger partial charge on any atom is 0.243 e. The molecule has 1 heterocycles. The number of thiophene rings is 1. The van der Waals surface area contributed by atoms with E-state index in [4.69, 9.17) is 28.9 Å². The second-order valence-electron chi connectivity index (χ2n) is 5.16. The van der Waals surface area contributed by atoms with Crippen LogP contribution in [0.1, 0.15) is 27.2 Å². The number of hydrogen-bond acceptors (Lipinski definition) is 4. The molecule has 0 spiro atoms. The van der Waals surface area contributed by atoms with E-state index in [1.54, 1.807) is 6.92 Å². The Labute approximate surface area is 140 Å². The summed E-state index contributed by atoms with van der Waals surface area (Å²) in [6.45, 7) is 6.01. The van der Waals surface area contributed by atoms with E-state index in [-0.39, 0.29) is 28.2 Å². The molecule has 0 aliphatic rings. The highest BCUT2D eigenvalue weighted by molar-refractivity contribution is 7.89. The first kappa shape index (κ1) is 20.4. The number of sulfonamides is 1. The van der Waals surface area contributed by atoms with Gasteiger partial charge in [0.05, 0.1) is 4.34 Å². The third-order valence-electron chi connectivity index (χ3n) is 2.60. The molecule has 0 saturated carbocycles. The molecule has 0 bridgehead atoms. The number of nitrogens with one attached hydrogen (secondary N) is 1. The minimum Gasteiger partial charge on any atom is -0.329 e. The van der Waals surface area contributed by atoms with Crippen molar-refractivity contribution >= 4 is 57.0 Å². The molecular weight excluding hydrogens is 363 g/mol. The van der Waals surface area contributed by atoms with Crippen molar-refractivity contribution in [3.63, 3.8) is 0 Å². The molecular formula is C11H19Cl3N2O2S2. The molecule has 1 atom stereocenters. The molecule has 0 radical (unpaired) electrons. The van der Waals surface area contributed by atoms with Gasteiger partial charge in [-0.3, -0.25) is 0 Å². The molecule has 0 fully saturated rings. The van der Waals surface area contributed by atoms with Crippen molar-refractivity contribution in [2.24, 2.45) is 11.7 Å². The van der Waals surface area contributed by atoms with Gasteiger partial charge < -0.3 is 5.73 Å². The van der Waals surface area contributed by atoms with E-state index >= 15 is 0 Å². The van der Waals surface area contributed by atoms with Gasteiger partial charge in [0, 0.05) is 12.1 Å². The molecule has 1 aromatic rings. The van der Waals surface area contributed by atoms with E-state index in [0.717, 1.165) is 11.3 Å². The topological polar surface area (TPSA) is 72.2 Å². The molecule has 0 aromatic carbocycles. The summed E-state index contributed by atoms with van der Waals surface area (Å²) in [6.07, 6.45) is 0.637. The fourth-order valence-corrected chi connectivity index (χ4v) is 5.53. The van der Waals surface area contributed by atoms with Crippen molar-refractivity contribution in [1.29, 1.82) is 0 Å². The van der Waals surface area contributed by atoms with Crippen molar-refractivity contribution in [2.45, 2.75) is 37.6 Å². The van der Waals surface area contributed by atoms with Gasteiger partial charge >= 0.3 is 0 Å². The van der Waals surface area contributed by atoms with Gasteiger partial charge in [-0.1, -0.05) is 37.0 Å². The van der Waals surface area contributed by atoms with Crippen molar-refractivity contribution in [1.82, 2.24) is 4.72 Å². The van der Waals surface area contributed by atoms with Crippen LogP contribution in [0.25, 0.3) is 0 Å². The average Bonchev–Trinajstić information content (AvgIpc) is 2.56. The first-order chi connectivity index (χ1) is 8.59. The predicted octanol–water partition coefficient (Wildman–Crippen LogP) is 3.52. The van der Waals surface area contributed by atoms with Gasteiger partial charge in [-0.25, -0.2) is 13.1 Å². The van der Waals surface area contributed by atoms with Gasteiger partial charge in [0.2, 0.25) is 10.0 Å². The Bertz CT molecular complexity index is 546. The Morgan fingerprint density at radius 2 is 2.00 bits per heavy atom. The van der Waals surface area contributed by atoms with Gasteiger partial charge in [0.15, 0.2) is 0 Å². The van der Waals surface area contributed by atoms with Crippen LogP contribution in [-0.2, 0) is 10.0 Å². The minimum absolute atomic E-state index is 0. The molecule has 0 saturated heterocycles. The van der Waals surface area contributed by atoms with Gasteiger partial charge in [0.1, 0.15) is 9.23 Å². The Kier molecular flexibility index (Phi) is 7.79. The molecule has 0 aliphatic carbocycles. The van der Waals surface area contributed by atoms with Crippen LogP contribution in [0.2, 0.25) is 8.67 Å². The molecule has 1 aromatic heterocycles. The predicted molar refractivity (Wildman–Crippen MR) is 88.8 cm³/mol. The summed E-state index contributed by atoms with van der Waals surface area (Å²) in [4.78, 5) is 0.00703. The summed E-state index contributed by atoms with van der Waals surface area (Å²) >= 11 is 12.7. The van der Waals surface area contributed by atoms with Crippen LogP contribution in [0.3, 0.4) is 0 Å². The van der Waals surface area contributed by atoms with E-state index in [2.05, 4.69) is 4.72 Å². The molecule has 20 heavy (non-hydrogen) atoms. The van der Waals surface area contributed by atoms with Crippen LogP contribution in [0.5, 0.6) is 0 Å². The molecule has 118 valence electrons. The quantitative estimate of drug-likeness (QED) is 0.792. The van der Waals surface area contributed by atoms with E-state index < -0.39 is 15.6 Å². The van der Waals surface area contributed by atoms with Gasteiger partial charge in [-0.2, -0.15) is 0 Å². The van der Waals surface area contributed by atoms with Crippen molar-refractivity contribution in [3.05, 3.63) is 14.7 Å². The normalized spacial score (nSPS) is 14.9. The van der Waals surface area contributed by atoms with Crippen LogP contribution in [0, 0.1) is 5.92 Å². The Balaban J connectivity index is 0.00000361. The summed E-state index contributed by atoms with van der Waals surface area (Å²) in [7, 11) is -3.72. The van der Waals surface area contributed by atoms with E-state index in [1.165, 1.54) is 6.07 Å². The molecule has 0 amide bonds. The lowest BCUT2D eigenvalue weighted by atomic mass is 9.92. The zero-order chi connectivity index (χ0) is 14.8. The largest absolute Gasteiger partial charge is 0.329 e. The lowest BCUT2D eigenvalue weighted by Crippen LogP contribution is -2.51. The van der Waals surface area contributed by atoms with Gasteiger partial charge in [-0.05, 0) is 25.3 Å². The first-order valence-electron chi connectivity index (χ1n) is 5.78. The lowest BCUT2D eigenvalue weighted by molar-refractivity contribution is 0.344. The lowest BCUT2D eigenvalue weighted by Gasteiger charge is -2.30. The number of nitrogens with two attached hydrogens (primary N) is 1. The molecule has 4 nitrogen and oxygen atoms in total. The SMILES string of the molecule is CC(C)CC(C)(CN)NS(=O)(=O)c1cc(Cl)sc1Cl.Cl. The second-order valence-corrected chi connectivity index (χ2v) is 9.09. The Hall–Kier alpha value is 0.440. The van der Waals surface area contributed by atoms with Crippen LogP contribution in [0.15, 0.2) is 11.0 Å². The van der Waals surface area contributed by atoms with Crippen LogP contribution in [-0.4, -0.2) is 20.5 Å². The van der Waals surface area contributed by atoms with Crippen molar-refractivity contribution < 1.29 is 8.42 Å². The van der Waals surface area contributed by atoms with Crippen molar-refractivity contribution in [2.75, 3.05) is 6.54 Å². The maximum absolute atomic E-state index is 12.3. The Morgan fingerprint density at radius 3 is 2.35 bits per heavy atom. The van der Waals surface area contributed by atoms with Crippen LogP contribution in [0.4, 0.5) is 0 Å². The molecule has 3 N–H and O–H groups in total. The van der Waals surface area contributed by atoms with E-state index in [0.29, 0.717) is 16.7 Å². The summed E-state index contributed by atoms with van der Waals surface area (Å²) in [6, 6.07) is 1.35. The minimum atomic E-state index is -3.72. The zero-order valence-corrected chi connectivity index (χ0v) is 15.4. The summed E-state index contributed by atoms with van der Waals surface area (Å²) in [5, 5.41) is 0. The van der Waals surface area contributed by atoms with E-state index in [1.807, 2.05) is 13.8 Å². The fourth-order valence-electron chi connectivity index (χ4n) is 1.96. The second kappa shape index (κ2) is 7.63. The van der Waals surface area contributed by atoms with Crippen LogP contribution < -0.4 is 10.5 Å². The molecule has 1 unspecified atom stereocenters. The van der Waals surface area contributed by atoms with E-state index in [9.17, 15) is 8.42 Å². The monoisotopic (exact) mass is 380 g/mol. The van der Waals surface area contributed by atoms with Crippen molar-refractivity contribution in [3.8, 4) is 0 Å². The standard InChI is InChI=1S/C11H18Cl2N2O2S2.ClH/c1-7(2)5-11(3,6-14)15-19(16,17)8-4-9(12)18-10(8)13;/h4,7,15H,5-6,14H2,1-3H3;1H. The molecule has 0 aliphatic heterocycles. The average molecular weight is 382 g/mol. The highest BCUT2D eigenvalue weighted by Crippen LogP contribution is 2.34. The Morgan fingerprint density at radius 1 is 1.45 bits per heavy atom. The van der Waals surface area contributed by atoms with Gasteiger partial charge in [-0.15, -0.1) is 23.7 Å². The fraction of sp³-hybridized carbons (Fsp3) is 0.636. The third-order valence-corrected chi connectivity index (χ3v) is 6.00. The third kappa shape index (κ3) is 5.33. The molecule has 9 heteroatoms. The highest BCUT2D eigenvalue weighted by Gasteiger charge is 2.32. The summed E-state index contributed by atoms with van der Waals surface area (Å²) in [5.74, 6) is 0.317. The smallest absolute Gasteiger partial charge is 0.243 e. The zero-order valence-electron chi connectivity index (χ0n) is 11.4. The molecule has 1 rings (SSSR count). The van der Waals surface area contributed by atoms with Crippen LogP contribution >= 0.6 is 46.9 Å². The first-order valence-corrected chi connectivity index (χ1v) is 8.84. The maximum atomic E-state index is 12.3. The number of hydrogen-bond donors (Lipinski definition) is 2.